The maximum atomic E-state index is 17.3. The van der Waals surface area contributed by atoms with Crippen LogP contribution in [0, 0.1) is 28.6 Å². The Balaban J connectivity index is 1.15. The number of allylic oxidation sites excluding steroid dienone is 4. The second-order valence-electron chi connectivity index (χ2n) is 14.0. The van der Waals surface area contributed by atoms with Crippen molar-refractivity contribution < 1.29 is 43.1 Å². The van der Waals surface area contributed by atoms with Gasteiger partial charge in [0.05, 0.1) is 52.4 Å². The van der Waals surface area contributed by atoms with Gasteiger partial charge in [-0.1, -0.05) is 38.3 Å². The lowest BCUT2D eigenvalue weighted by Gasteiger charge is -2.62. The summed E-state index contributed by atoms with van der Waals surface area (Å²) >= 11 is 5.66. The third kappa shape index (κ3) is 7.28. The summed E-state index contributed by atoms with van der Waals surface area (Å²) < 4.78 is 39.5. The topological polar surface area (TPSA) is 124 Å². The normalized spacial score (nSPS) is 36.6. The summed E-state index contributed by atoms with van der Waals surface area (Å²) in [5.74, 6) is -1.26. The molecule has 0 spiro atoms. The molecule has 3 fully saturated rings. The Morgan fingerprint density at radius 2 is 1.59 bits per heavy atom. The Labute approximate surface area is 278 Å². The van der Waals surface area contributed by atoms with Crippen molar-refractivity contribution in [3.63, 3.8) is 0 Å². The van der Waals surface area contributed by atoms with Gasteiger partial charge >= 0.3 is 0 Å². The number of alkyl halides is 2. The molecule has 0 aromatic heterocycles. The van der Waals surface area contributed by atoms with Gasteiger partial charge in [0.15, 0.2) is 17.1 Å². The molecule has 46 heavy (non-hydrogen) atoms. The van der Waals surface area contributed by atoms with Crippen molar-refractivity contribution in [2.24, 2.45) is 28.6 Å². The van der Waals surface area contributed by atoms with Gasteiger partial charge in [-0.2, -0.15) is 0 Å². The van der Waals surface area contributed by atoms with Gasteiger partial charge in [0.2, 0.25) is 0 Å². The van der Waals surface area contributed by atoms with E-state index in [1.165, 1.54) is 12.2 Å². The average Bonchev–Trinajstić information content (AvgIpc) is 3.22. The van der Waals surface area contributed by atoms with E-state index in [1.807, 2.05) is 13.8 Å². The first-order valence-corrected chi connectivity index (χ1v) is 17.7. The van der Waals surface area contributed by atoms with Crippen molar-refractivity contribution in [3.05, 3.63) is 23.8 Å². The standard InChI is InChI=1S/C35H55ClFNO8/c1-25-22-29-28-9-8-26-23-27(39)10-11-32(26,2)34(28,37)30(40)24-33(29,3)35(25,42)31(41)38-13-15-44-17-19-46-21-20-45-18-16-43-14-7-5-4-6-12-36/h10-11,23,25,28-30,40,42H,4-9,12-22,24H2,1-3H3,(H,38,41)/t25-,28?,29?,30+,32+,33+,34+,35+/m1/s1. The van der Waals surface area contributed by atoms with Crippen molar-refractivity contribution in [3.8, 4) is 0 Å². The van der Waals surface area contributed by atoms with Gasteiger partial charge in [0.25, 0.3) is 5.91 Å². The first kappa shape index (κ1) is 37.4. The fourth-order valence-corrected chi connectivity index (χ4v) is 9.00. The number of carbonyl (C=O) groups is 2. The lowest BCUT2D eigenvalue weighted by molar-refractivity contribution is -0.219. The van der Waals surface area contributed by atoms with Crippen molar-refractivity contribution >= 4 is 23.3 Å². The highest BCUT2D eigenvalue weighted by Crippen LogP contribution is 2.70. The Bertz CT molecular complexity index is 1110. The zero-order chi connectivity index (χ0) is 33.4. The van der Waals surface area contributed by atoms with Gasteiger partial charge in [0.1, 0.15) is 0 Å². The second kappa shape index (κ2) is 16.3. The molecular formula is C35H55ClFNO8. The molecule has 3 N–H and O–H groups in total. The minimum atomic E-state index is -2.00. The molecule has 0 aromatic carbocycles. The van der Waals surface area contributed by atoms with E-state index in [0.29, 0.717) is 64.5 Å². The number of amides is 1. The number of nitrogens with one attached hydrogen (secondary N) is 1. The van der Waals surface area contributed by atoms with Crippen LogP contribution in [0.25, 0.3) is 0 Å². The minimum Gasteiger partial charge on any atom is -0.390 e. The Kier molecular flexibility index (Phi) is 13.3. The van der Waals surface area contributed by atoms with Crippen molar-refractivity contribution in [2.45, 2.75) is 89.5 Å². The van der Waals surface area contributed by atoms with Gasteiger partial charge in [-0.05, 0) is 69.4 Å². The molecular weight excluding hydrogens is 617 g/mol. The predicted molar refractivity (Wildman–Crippen MR) is 173 cm³/mol. The highest BCUT2D eigenvalue weighted by atomic mass is 35.5. The average molecular weight is 672 g/mol. The van der Waals surface area contributed by atoms with E-state index in [-0.39, 0.29) is 31.3 Å². The molecule has 1 amide bonds. The maximum Gasteiger partial charge on any atom is 0.252 e. The van der Waals surface area contributed by atoms with Crippen LogP contribution in [0.5, 0.6) is 0 Å². The number of ketones is 1. The summed E-state index contributed by atoms with van der Waals surface area (Å²) in [5, 5.41) is 26.4. The Hall–Kier alpha value is -1.40. The van der Waals surface area contributed by atoms with E-state index in [2.05, 4.69) is 5.32 Å². The van der Waals surface area contributed by atoms with Crippen LogP contribution in [-0.4, -0.2) is 105 Å². The van der Waals surface area contributed by atoms with E-state index >= 15 is 4.39 Å². The summed E-state index contributed by atoms with van der Waals surface area (Å²) in [4.78, 5) is 25.6. The number of unbranched alkanes of at least 4 members (excludes halogenated alkanes) is 3. The molecule has 0 heterocycles. The van der Waals surface area contributed by atoms with Crippen LogP contribution in [0.2, 0.25) is 0 Å². The molecule has 8 atom stereocenters. The van der Waals surface area contributed by atoms with Gasteiger partial charge < -0.3 is 34.5 Å². The first-order valence-electron chi connectivity index (χ1n) is 17.2. The number of halogens is 2. The van der Waals surface area contributed by atoms with Crippen LogP contribution < -0.4 is 5.32 Å². The Morgan fingerprint density at radius 3 is 2.24 bits per heavy atom. The molecule has 0 radical (unpaired) electrons. The largest absolute Gasteiger partial charge is 0.390 e. The van der Waals surface area contributed by atoms with E-state index in [1.54, 1.807) is 13.0 Å². The summed E-state index contributed by atoms with van der Waals surface area (Å²) in [5.41, 5.74) is -5.19. The van der Waals surface area contributed by atoms with Crippen LogP contribution in [0.3, 0.4) is 0 Å². The molecule has 11 heteroatoms. The lowest BCUT2D eigenvalue weighted by atomic mass is 9.44. The summed E-state index contributed by atoms with van der Waals surface area (Å²) in [7, 11) is 0. The van der Waals surface area contributed by atoms with Crippen molar-refractivity contribution in [1.29, 1.82) is 0 Å². The van der Waals surface area contributed by atoms with Gasteiger partial charge in [-0.15, -0.1) is 11.6 Å². The number of hydrogen-bond donors (Lipinski definition) is 3. The summed E-state index contributed by atoms with van der Waals surface area (Å²) in [6, 6.07) is 0. The summed E-state index contributed by atoms with van der Waals surface area (Å²) in [6.45, 7) is 9.36. The molecule has 0 bridgehead atoms. The monoisotopic (exact) mass is 671 g/mol. The van der Waals surface area contributed by atoms with Gasteiger partial charge in [-0.25, -0.2) is 4.39 Å². The zero-order valence-electron chi connectivity index (χ0n) is 27.9. The molecule has 0 aromatic rings. The first-order chi connectivity index (χ1) is 22.0. The molecule has 4 rings (SSSR count). The highest BCUT2D eigenvalue weighted by Gasteiger charge is 2.75. The number of fused-ring (bicyclic) bond motifs is 5. The molecule has 2 unspecified atom stereocenters. The molecule has 3 saturated carbocycles. The van der Waals surface area contributed by atoms with E-state index in [4.69, 9.17) is 30.5 Å². The molecule has 4 aliphatic carbocycles. The SMILES string of the molecule is C[C@@H]1CC2C3CCC4=CC(=O)C=C[C@]4(C)[C@@]3(F)[C@@H](O)C[C@]2(C)[C@@]1(O)C(=O)NCCOCCOCCOCCOCCCCCCCl. The number of rotatable bonds is 19. The highest BCUT2D eigenvalue weighted by molar-refractivity contribution is 6.17. The van der Waals surface area contributed by atoms with Crippen molar-refractivity contribution in [2.75, 3.05) is 65.3 Å². The number of aliphatic hydroxyl groups is 2. The van der Waals surface area contributed by atoms with E-state index in [9.17, 15) is 19.8 Å². The molecule has 4 aliphatic rings. The third-order valence-corrected chi connectivity index (χ3v) is 11.7. The van der Waals surface area contributed by atoms with Crippen LogP contribution in [0.15, 0.2) is 23.8 Å². The van der Waals surface area contributed by atoms with Crippen molar-refractivity contribution in [1.82, 2.24) is 5.32 Å². The summed E-state index contributed by atoms with van der Waals surface area (Å²) in [6.07, 6.45) is 8.89. The second-order valence-corrected chi connectivity index (χ2v) is 14.4. The van der Waals surface area contributed by atoms with Crippen LogP contribution in [0.4, 0.5) is 4.39 Å². The molecule has 0 saturated heterocycles. The Morgan fingerprint density at radius 1 is 0.978 bits per heavy atom. The van der Waals surface area contributed by atoms with Gasteiger partial charge in [-0.3, -0.25) is 9.59 Å². The smallest absolute Gasteiger partial charge is 0.252 e. The molecule has 0 aliphatic heterocycles. The van der Waals surface area contributed by atoms with E-state index in [0.717, 1.165) is 38.2 Å². The molecule has 262 valence electrons. The number of aliphatic hydroxyl groups excluding tert-OH is 1. The fourth-order valence-electron chi connectivity index (χ4n) is 8.82. The van der Waals surface area contributed by atoms with E-state index < -0.39 is 45.9 Å². The number of carbonyl (C=O) groups excluding carboxylic acids is 2. The zero-order valence-corrected chi connectivity index (χ0v) is 28.6. The predicted octanol–water partition coefficient (Wildman–Crippen LogP) is 4.32. The van der Waals surface area contributed by atoms with Crippen LogP contribution >= 0.6 is 11.6 Å². The lowest BCUT2D eigenvalue weighted by Crippen LogP contribution is -2.70. The maximum absolute atomic E-state index is 17.3. The minimum absolute atomic E-state index is 0.0520. The van der Waals surface area contributed by atoms with Gasteiger partial charge in [0, 0.05) is 35.8 Å². The van der Waals surface area contributed by atoms with Crippen LogP contribution in [-0.2, 0) is 28.5 Å². The number of hydrogen-bond acceptors (Lipinski definition) is 8. The fraction of sp³-hybridized carbons (Fsp3) is 0.829. The molecule has 9 nitrogen and oxygen atoms in total. The number of ether oxygens (including phenoxy) is 4. The third-order valence-electron chi connectivity index (χ3n) is 11.4. The quantitative estimate of drug-likeness (QED) is 0.137. The van der Waals surface area contributed by atoms with Crippen LogP contribution in [0.1, 0.15) is 72.1 Å².